The maximum atomic E-state index is 5.91. The summed E-state index contributed by atoms with van der Waals surface area (Å²) in [4.78, 5) is 0. The molecular formula is C33H66O3. The SMILES string of the molecule is CC(C)CCOC1(C(C)C)CC1.CC(C)COCC1(C(C)C)CC1.CC(C)OCCC1(C(C)C)CC1. The van der Waals surface area contributed by atoms with E-state index in [1.807, 2.05) is 0 Å². The molecule has 0 saturated heterocycles. The van der Waals surface area contributed by atoms with Crippen LogP contribution in [0.3, 0.4) is 0 Å². The van der Waals surface area contributed by atoms with Gasteiger partial charge >= 0.3 is 0 Å². The summed E-state index contributed by atoms with van der Waals surface area (Å²) in [5.41, 5.74) is 1.51. The number of rotatable bonds is 15. The van der Waals surface area contributed by atoms with Crippen molar-refractivity contribution in [3.8, 4) is 0 Å². The first-order valence-corrected chi connectivity index (χ1v) is 15.5. The molecule has 0 heterocycles. The van der Waals surface area contributed by atoms with Crippen molar-refractivity contribution in [2.24, 2.45) is 40.4 Å². The summed E-state index contributed by atoms with van der Waals surface area (Å²) in [7, 11) is 0. The Morgan fingerprint density at radius 2 is 1.11 bits per heavy atom. The van der Waals surface area contributed by atoms with Crippen LogP contribution in [0.25, 0.3) is 0 Å². The Balaban J connectivity index is 0.000000270. The lowest BCUT2D eigenvalue weighted by Crippen LogP contribution is -2.22. The molecule has 3 aliphatic rings. The van der Waals surface area contributed by atoms with Crippen LogP contribution in [-0.4, -0.2) is 38.1 Å². The van der Waals surface area contributed by atoms with Gasteiger partial charge in [0.05, 0.1) is 18.3 Å². The summed E-state index contributed by atoms with van der Waals surface area (Å²) >= 11 is 0. The molecule has 0 unspecified atom stereocenters. The summed E-state index contributed by atoms with van der Waals surface area (Å²) < 4.78 is 17.2. The lowest BCUT2D eigenvalue weighted by Gasteiger charge is -2.20. The van der Waals surface area contributed by atoms with Gasteiger partial charge in [0.25, 0.3) is 0 Å². The number of ether oxygens (including phenoxy) is 3. The van der Waals surface area contributed by atoms with Gasteiger partial charge in [-0.25, -0.2) is 0 Å². The Morgan fingerprint density at radius 3 is 1.44 bits per heavy atom. The quantitative estimate of drug-likeness (QED) is 0.219. The van der Waals surface area contributed by atoms with Gasteiger partial charge in [-0.2, -0.15) is 0 Å². The second-order valence-electron chi connectivity index (χ2n) is 14.4. The predicted molar refractivity (Wildman–Crippen MR) is 157 cm³/mol. The Labute approximate surface area is 227 Å². The molecule has 0 amide bonds. The third kappa shape index (κ3) is 12.6. The van der Waals surface area contributed by atoms with Crippen LogP contribution in [0.2, 0.25) is 0 Å². The standard InChI is InChI=1S/3C11H22O/c1-9(2)5-8-12-11(6-7-11)10(3)4;1-9(2)7-12-8-11(5-6-11)10(3)4;1-9(2)11(5-6-11)7-8-12-10(3)4/h3*9-10H,5-8H2,1-4H3. The van der Waals surface area contributed by atoms with E-state index in [0.29, 0.717) is 28.8 Å². The molecule has 3 nitrogen and oxygen atoms in total. The number of hydrogen-bond donors (Lipinski definition) is 0. The average molecular weight is 511 g/mol. The summed E-state index contributed by atoms with van der Waals surface area (Å²) in [6, 6.07) is 0. The molecule has 0 bridgehead atoms. The van der Waals surface area contributed by atoms with Gasteiger partial charge in [-0.1, -0.05) is 69.2 Å². The second kappa shape index (κ2) is 15.5. The summed E-state index contributed by atoms with van der Waals surface area (Å²) in [5, 5.41) is 0. The topological polar surface area (TPSA) is 27.7 Å². The van der Waals surface area contributed by atoms with Crippen LogP contribution in [0.1, 0.15) is 134 Å². The highest BCUT2D eigenvalue weighted by molar-refractivity contribution is 4.98. The van der Waals surface area contributed by atoms with Crippen molar-refractivity contribution in [3.05, 3.63) is 0 Å². The Kier molecular flexibility index (Phi) is 14.6. The van der Waals surface area contributed by atoms with E-state index >= 15 is 0 Å². The molecule has 216 valence electrons. The van der Waals surface area contributed by atoms with E-state index in [9.17, 15) is 0 Å². The fourth-order valence-electron chi connectivity index (χ4n) is 4.83. The molecule has 36 heavy (non-hydrogen) atoms. The second-order valence-corrected chi connectivity index (χ2v) is 14.4. The number of hydrogen-bond acceptors (Lipinski definition) is 3. The molecule has 0 aromatic heterocycles. The van der Waals surface area contributed by atoms with Gasteiger partial charge in [0.1, 0.15) is 0 Å². The maximum Gasteiger partial charge on any atom is 0.0707 e. The van der Waals surface area contributed by atoms with E-state index in [-0.39, 0.29) is 5.60 Å². The lowest BCUT2D eigenvalue weighted by molar-refractivity contribution is -0.00435. The molecule has 3 saturated carbocycles. The van der Waals surface area contributed by atoms with Crippen molar-refractivity contribution in [1.29, 1.82) is 0 Å². The fourth-order valence-corrected chi connectivity index (χ4v) is 4.83. The molecule has 0 spiro atoms. The van der Waals surface area contributed by atoms with Crippen LogP contribution in [0.5, 0.6) is 0 Å². The molecule has 3 fully saturated rings. The molecular weight excluding hydrogens is 444 g/mol. The fraction of sp³-hybridized carbons (Fsp3) is 1.00. The highest BCUT2D eigenvalue weighted by Gasteiger charge is 2.47. The minimum atomic E-state index is 0.287. The van der Waals surface area contributed by atoms with Crippen molar-refractivity contribution in [3.63, 3.8) is 0 Å². The van der Waals surface area contributed by atoms with E-state index in [0.717, 1.165) is 44.2 Å². The van der Waals surface area contributed by atoms with E-state index in [2.05, 4.69) is 83.1 Å². The van der Waals surface area contributed by atoms with E-state index in [4.69, 9.17) is 14.2 Å². The van der Waals surface area contributed by atoms with Crippen LogP contribution < -0.4 is 0 Å². The molecule has 3 rings (SSSR count). The zero-order chi connectivity index (χ0) is 27.6. The van der Waals surface area contributed by atoms with Gasteiger partial charge in [-0.15, -0.1) is 0 Å². The van der Waals surface area contributed by atoms with Crippen molar-refractivity contribution in [2.75, 3.05) is 26.4 Å². The van der Waals surface area contributed by atoms with Crippen LogP contribution in [0.4, 0.5) is 0 Å². The largest absolute Gasteiger partial charge is 0.381 e. The molecule has 3 aliphatic carbocycles. The highest BCUT2D eigenvalue weighted by Crippen LogP contribution is 2.54. The first kappa shape index (κ1) is 33.9. The van der Waals surface area contributed by atoms with Crippen molar-refractivity contribution < 1.29 is 14.2 Å². The van der Waals surface area contributed by atoms with E-state index < -0.39 is 0 Å². The average Bonchev–Trinajstić information content (AvgIpc) is 3.63. The third-order valence-corrected chi connectivity index (χ3v) is 9.01. The Bertz CT molecular complexity index is 483. The summed E-state index contributed by atoms with van der Waals surface area (Å²) in [6.45, 7) is 30.8. The van der Waals surface area contributed by atoms with Gasteiger partial charge in [-0.05, 0) is 106 Å². The molecule has 0 aliphatic heterocycles. The van der Waals surface area contributed by atoms with Gasteiger partial charge in [-0.3, -0.25) is 0 Å². The van der Waals surface area contributed by atoms with Crippen LogP contribution in [0.15, 0.2) is 0 Å². The van der Waals surface area contributed by atoms with Crippen LogP contribution in [0, 0.1) is 40.4 Å². The molecule has 0 radical (unpaired) electrons. The zero-order valence-corrected chi connectivity index (χ0v) is 26.7. The zero-order valence-electron chi connectivity index (χ0n) is 26.7. The van der Waals surface area contributed by atoms with Crippen molar-refractivity contribution in [1.82, 2.24) is 0 Å². The van der Waals surface area contributed by atoms with Gasteiger partial charge in [0, 0.05) is 19.8 Å². The predicted octanol–water partition coefficient (Wildman–Crippen LogP) is 9.57. The van der Waals surface area contributed by atoms with E-state index in [1.54, 1.807) is 0 Å². The van der Waals surface area contributed by atoms with Gasteiger partial charge < -0.3 is 14.2 Å². The van der Waals surface area contributed by atoms with Gasteiger partial charge in [0.2, 0.25) is 0 Å². The van der Waals surface area contributed by atoms with E-state index in [1.165, 1.54) is 51.4 Å². The van der Waals surface area contributed by atoms with Crippen molar-refractivity contribution >= 4 is 0 Å². The smallest absolute Gasteiger partial charge is 0.0707 e. The first-order chi connectivity index (χ1) is 16.7. The molecule has 0 N–H and O–H groups in total. The first-order valence-electron chi connectivity index (χ1n) is 15.5. The van der Waals surface area contributed by atoms with Gasteiger partial charge in [0.15, 0.2) is 0 Å². The normalized spacial score (nSPS) is 20.5. The minimum Gasteiger partial charge on any atom is -0.381 e. The highest BCUT2D eigenvalue weighted by atomic mass is 16.5. The summed E-state index contributed by atoms with van der Waals surface area (Å²) in [6.07, 6.45) is 11.0. The van der Waals surface area contributed by atoms with Crippen LogP contribution >= 0.6 is 0 Å². The molecule has 0 aromatic carbocycles. The molecule has 0 atom stereocenters. The van der Waals surface area contributed by atoms with Crippen molar-refractivity contribution in [2.45, 2.75) is 146 Å². The van der Waals surface area contributed by atoms with Crippen LogP contribution in [-0.2, 0) is 14.2 Å². The Hall–Kier alpha value is -0.120. The maximum absolute atomic E-state index is 5.91. The molecule has 3 heteroatoms. The lowest BCUT2D eigenvalue weighted by atomic mass is 9.89. The third-order valence-electron chi connectivity index (χ3n) is 9.01. The Morgan fingerprint density at radius 1 is 0.583 bits per heavy atom. The monoisotopic (exact) mass is 511 g/mol. The minimum absolute atomic E-state index is 0.287. The molecule has 0 aromatic rings. The summed E-state index contributed by atoms with van der Waals surface area (Å²) in [5.74, 6) is 3.78.